The van der Waals surface area contributed by atoms with Crippen LogP contribution < -0.4 is 11.3 Å². The molecule has 1 aliphatic heterocycles. The number of ether oxygens (including phenoxy) is 1. The number of rotatable bonds is 3. The molecule has 5 atom stereocenters. The summed E-state index contributed by atoms with van der Waals surface area (Å²) in [4.78, 5) is 0. The van der Waals surface area contributed by atoms with Gasteiger partial charge in [-0.05, 0) is 25.8 Å². The van der Waals surface area contributed by atoms with Crippen LogP contribution in [0, 0.1) is 23.5 Å². The standard InChI is InChI=1S/C14H20F2N2O/c1-7-8(2)19-9(3)13(7)14(18-17)11-5-4-10(15)6-12(11)16/h4-9,13-14,18H,17H2,1-3H3. The lowest BCUT2D eigenvalue weighted by Crippen LogP contribution is -2.39. The van der Waals surface area contributed by atoms with Crippen LogP contribution in [0.15, 0.2) is 18.2 Å². The van der Waals surface area contributed by atoms with Gasteiger partial charge in [0.2, 0.25) is 0 Å². The van der Waals surface area contributed by atoms with Gasteiger partial charge in [-0.2, -0.15) is 0 Å². The molecular weight excluding hydrogens is 250 g/mol. The van der Waals surface area contributed by atoms with Gasteiger partial charge in [-0.3, -0.25) is 11.3 Å². The van der Waals surface area contributed by atoms with E-state index in [-0.39, 0.29) is 24.0 Å². The predicted molar refractivity (Wildman–Crippen MR) is 69.1 cm³/mol. The summed E-state index contributed by atoms with van der Waals surface area (Å²) in [6.07, 6.45) is 0.0647. The number of hydrogen-bond donors (Lipinski definition) is 2. The van der Waals surface area contributed by atoms with Crippen molar-refractivity contribution < 1.29 is 13.5 Å². The fourth-order valence-electron chi connectivity index (χ4n) is 3.03. The highest BCUT2D eigenvalue weighted by Gasteiger charge is 2.42. The molecule has 5 unspecified atom stereocenters. The molecule has 1 fully saturated rings. The molecule has 2 rings (SSSR count). The first kappa shape index (κ1) is 14.4. The summed E-state index contributed by atoms with van der Waals surface area (Å²) in [6, 6.07) is 3.18. The highest BCUT2D eigenvalue weighted by Crippen LogP contribution is 2.40. The minimum Gasteiger partial charge on any atom is -0.375 e. The quantitative estimate of drug-likeness (QED) is 0.655. The molecule has 0 saturated carbocycles. The second-order valence-corrected chi connectivity index (χ2v) is 5.29. The fraction of sp³-hybridized carbons (Fsp3) is 0.571. The maximum absolute atomic E-state index is 13.9. The van der Waals surface area contributed by atoms with Gasteiger partial charge in [0.15, 0.2) is 0 Å². The Morgan fingerprint density at radius 1 is 1.21 bits per heavy atom. The summed E-state index contributed by atoms with van der Waals surface area (Å²) < 4.78 is 32.7. The molecule has 0 amide bonds. The molecule has 0 bridgehead atoms. The Balaban J connectivity index is 2.34. The second kappa shape index (κ2) is 5.53. The van der Waals surface area contributed by atoms with Crippen molar-refractivity contribution >= 4 is 0 Å². The Kier molecular flexibility index (Phi) is 4.18. The Morgan fingerprint density at radius 3 is 2.37 bits per heavy atom. The number of halogens is 2. The normalized spacial score (nSPS) is 32.5. The van der Waals surface area contributed by atoms with E-state index >= 15 is 0 Å². The molecule has 5 heteroatoms. The van der Waals surface area contributed by atoms with Crippen LogP contribution in [0.4, 0.5) is 8.78 Å². The lowest BCUT2D eigenvalue weighted by Gasteiger charge is -2.29. The molecule has 1 aromatic carbocycles. The Bertz CT molecular complexity index is 455. The highest BCUT2D eigenvalue weighted by atomic mass is 19.1. The van der Waals surface area contributed by atoms with E-state index in [1.165, 1.54) is 12.1 Å². The molecule has 3 N–H and O–H groups in total. The summed E-state index contributed by atoms with van der Waals surface area (Å²) in [5.74, 6) is 4.70. The molecular formula is C14H20F2N2O. The summed E-state index contributed by atoms with van der Waals surface area (Å²) in [7, 11) is 0. The molecule has 19 heavy (non-hydrogen) atoms. The van der Waals surface area contributed by atoms with Crippen molar-refractivity contribution in [1.29, 1.82) is 0 Å². The van der Waals surface area contributed by atoms with Crippen LogP contribution >= 0.6 is 0 Å². The first-order chi connectivity index (χ1) is 8.95. The largest absolute Gasteiger partial charge is 0.375 e. The molecule has 0 aliphatic carbocycles. The van der Waals surface area contributed by atoms with Crippen LogP contribution in [0.2, 0.25) is 0 Å². The molecule has 1 heterocycles. The van der Waals surface area contributed by atoms with Crippen LogP contribution in [-0.2, 0) is 4.74 Å². The average molecular weight is 270 g/mol. The number of benzene rings is 1. The van der Waals surface area contributed by atoms with Gasteiger partial charge in [-0.1, -0.05) is 13.0 Å². The number of nitrogens with one attached hydrogen (secondary N) is 1. The highest BCUT2D eigenvalue weighted by molar-refractivity contribution is 5.23. The van der Waals surface area contributed by atoms with Gasteiger partial charge in [0, 0.05) is 17.5 Å². The van der Waals surface area contributed by atoms with E-state index in [0.29, 0.717) is 5.56 Å². The van der Waals surface area contributed by atoms with E-state index in [1.807, 2.05) is 13.8 Å². The van der Waals surface area contributed by atoms with Crippen molar-refractivity contribution in [2.75, 3.05) is 0 Å². The topological polar surface area (TPSA) is 47.3 Å². The van der Waals surface area contributed by atoms with Crippen LogP contribution in [0.1, 0.15) is 32.4 Å². The third-order valence-electron chi connectivity index (χ3n) is 4.18. The maximum atomic E-state index is 13.9. The monoisotopic (exact) mass is 270 g/mol. The SMILES string of the molecule is CC1OC(C)C(C(NN)c2ccc(F)cc2F)C1C. The molecule has 1 saturated heterocycles. The Hall–Kier alpha value is -1.04. The first-order valence-electron chi connectivity index (χ1n) is 6.52. The van der Waals surface area contributed by atoms with Crippen LogP contribution in [-0.4, -0.2) is 12.2 Å². The Morgan fingerprint density at radius 2 is 1.89 bits per heavy atom. The zero-order valence-electron chi connectivity index (χ0n) is 11.4. The van der Waals surface area contributed by atoms with Crippen LogP contribution in [0.25, 0.3) is 0 Å². The van der Waals surface area contributed by atoms with Gasteiger partial charge in [0.05, 0.1) is 18.2 Å². The van der Waals surface area contributed by atoms with E-state index in [0.717, 1.165) is 6.07 Å². The van der Waals surface area contributed by atoms with Crippen molar-refractivity contribution in [2.24, 2.45) is 17.7 Å². The van der Waals surface area contributed by atoms with E-state index in [9.17, 15) is 8.78 Å². The molecule has 3 nitrogen and oxygen atoms in total. The molecule has 0 spiro atoms. The summed E-state index contributed by atoms with van der Waals surface area (Å²) in [5, 5.41) is 0. The van der Waals surface area contributed by atoms with Gasteiger partial charge >= 0.3 is 0 Å². The van der Waals surface area contributed by atoms with Gasteiger partial charge in [0.1, 0.15) is 11.6 Å². The van der Waals surface area contributed by atoms with E-state index in [2.05, 4.69) is 12.3 Å². The van der Waals surface area contributed by atoms with Crippen LogP contribution in [0.5, 0.6) is 0 Å². The molecule has 0 aromatic heterocycles. The molecule has 1 aliphatic rings. The zero-order valence-corrected chi connectivity index (χ0v) is 11.4. The van der Waals surface area contributed by atoms with Gasteiger partial charge in [0.25, 0.3) is 0 Å². The second-order valence-electron chi connectivity index (χ2n) is 5.29. The van der Waals surface area contributed by atoms with E-state index in [4.69, 9.17) is 10.6 Å². The number of nitrogens with two attached hydrogens (primary N) is 1. The molecule has 0 radical (unpaired) electrons. The summed E-state index contributed by atoms with van der Waals surface area (Å²) in [6.45, 7) is 6.01. The lowest BCUT2D eigenvalue weighted by molar-refractivity contribution is 0.0473. The van der Waals surface area contributed by atoms with Crippen molar-refractivity contribution in [2.45, 2.75) is 39.0 Å². The minimum absolute atomic E-state index is 0.0319. The molecule has 106 valence electrons. The zero-order chi connectivity index (χ0) is 14.2. The third-order valence-corrected chi connectivity index (χ3v) is 4.18. The van der Waals surface area contributed by atoms with Gasteiger partial charge in [-0.15, -0.1) is 0 Å². The predicted octanol–water partition coefficient (Wildman–Crippen LogP) is 2.53. The smallest absolute Gasteiger partial charge is 0.130 e. The average Bonchev–Trinajstić information content (AvgIpc) is 2.59. The van der Waals surface area contributed by atoms with Gasteiger partial charge < -0.3 is 4.74 Å². The van der Waals surface area contributed by atoms with Crippen molar-refractivity contribution in [3.8, 4) is 0 Å². The fourth-order valence-corrected chi connectivity index (χ4v) is 3.03. The molecule has 1 aromatic rings. The maximum Gasteiger partial charge on any atom is 0.130 e. The van der Waals surface area contributed by atoms with Crippen molar-refractivity contribution in [3.05, 3.63) is 35.4 Å². The van der Waals surface area contributed by atoms with E-state index in [1.54, 1.807) is 0 Å². The number of hydrogen-bond acceptors (Lipinski definition) is 3. The van der Waals surface area contributed by atoms with E-state index < -0.39 is 17.7 Å². The minimum atomic E-state index is -0.589. The lowest BCUT2D eigenvalue weighted by atomic mass is 9.80. The Labute approximate surface area is 112 Å². The summed E-state index contributed by atoms with van der Waals surface area (Å²) >= 11 is 0. The van der Waals surface area contributed by atoms with Crippen molar-refractivity contribution in [1.82, 2.24) is 5.43 Å². The summed E-state index contributed by atoms with van der Waals surface area (Å²) in [5.41, 5.74) is 3.04. The van der Waals surface area contributed by atoms with Gasteiger partial charge in [-0.25, -0.2) is 8.78 Å². The third kappa shape index (κ3) is 2.63. The van der Waals surface area contributed by atoms with Crippen molar-refractivity contribution in [3.63, 3.8) is 0 Å². The number of hydrazine groups is 1. The first-order valence-corrected chi connectivity index (χ1v) is 6.52. The van der Waals surface area contributed by atoms with Crippen LogP contribution in [0.3, 0.4) is 0 Å².